The number of hydrogen-bond acceptors (Lipinski definition) is 3. The van der Waals surface area contributed by atoms with Gasteiger partial charge in [-0.15, -0.1) is 0 Å². The minimum absolute atomic E-state index is 0.449. The highest BCUT2D eigenvalue weighted by atomic mass is 15.1. The molecule has 8 rings (SSSR count). The molecule has 0 aliphatic carbocycles. The third-order valence-electron chi connectivity index (χ3n) is 9.19. The zero-order valence-electron chi connectivity index (χ0n) is 27.8. The molecule has 3 heterocycles. The first-order valence-corrected chi connectivity index (χ1v) is 16.7. The third-order valence-corrected chi connectivity index (χ3v) is 9.19. The minimum Gasteiger partial charge on any atom is -0.397 e. The van der Waals surface area contributed by atoms with E-state index in [4.69, 9.17) is 10.7 Å². The van der Waals surface area contributed by atoms with Crippen molar-refractivity contribution < 1.29 is 0 Å². The number of hydrogen-bond donors (Lipinski definition) is 1. The first-order valence-electron chi connectivity index (χ1n) is 16.7. The highest BCUT2D eigenvalue weighted by Gasteiger charge is 2.18. The lowest BCUT2D eigenvalue weighted by Gasteiger charge is -2.11. The number of para-hydroxylation sites is 3. The van der Waals surface area contributed by atoms with Crippen molar-refractivity contribution in [3.8, 4) is 17.1 Å². The van der Waals surface area contributed by atoms with Crippen LogP contribution in [-0.4, -0.2) is 26.1 Å². The Morgan fingerprint density at radius 1 is 0.660 bits per heavy atom. The number of benzene rings is 5. The van der Waals surface area contributed by atoms with Gasteiger partial charge in [-0.25, -0.2) is 4.99 Å². The predicted octanol–water partition coefficient (Wildman–Crippen LogP) is 10.3. The molecule has 0 spiro atoms. The van der Waals surface area contributed by atoms with Crippen LogP contribution in [0.5, 0.6) is 0 Å². The zero-order valence-corrected chi connectivity index (χ0v) is 27.8. The first-order chi connectivity index (χ1) is 24.7. The molecule has 6 heteroatoms. The lowest BCUT2D eigenvalue weighted by atomic mass is 10.1. The van der Waals surface area contributed by atoms with Gasteiger partial charge in [0.1, 0.15) is 5.82 Å². The Morgan fingerprint density at radius 3 is 2.06 bits per heavy atom. The smallest absolute Gasteiger partial charge is 0.145 e. The number of nitrogens with zero attached hydrogens (tertiary/aromatic N) is 5. The summed E-state index contributed by atoms with van der Waals surface area (Å²) in [6.45, 7) is 6.29. The second-order valence-electron chi connectivity index (χ2n) is 12.2. The molecule has 0 unspecified atom stereocenters. The Kier molecular flexibility index (Phi) is 8.03. The summed E-state index contributed by atoms with van der Waals surface area (Å²) < 4.78 is 6.65. The Hall–Kier alpha value is -6.66. The summed E-state index contributed by atoms with van der Waals surface area (Å²) in [4.78, 5) is 9.48. The summed E-state index contributed by atoms with van der Waals surface area (Å²) in [5.41, 5.74) is 16.6. The topological polar surface area (TPSA) is 65.5 Å². The van der Waals surface area contributed by atoms with E-state index in [0.717, 1.165) is 28.2 Å². The van der Waals surface area contributed by atoms with Crippen LogP contribution in [0.25, 0.3) is 49.8 Å². The van der Waals surface area contributed by atoms with E-state index in [1.807, 2.05) is 72.3 Å². The van der Waals surface area contributed by atoms with Crippen molar-refractivity contribution in [2.24, 2.45) is 15.7 Å². The molecule has 242 valence electrons. The summed E-state index contributed by atoms with van der Waals surface area (Å²) in [6, 6.07) is 46.6. The first kappa shape index (κ1) is 30.7. The number of fused-ring (bicyclic) bond motifs is 5. The van der Waals surface area contributed by atoms with Gasteiger partial charge in [-0.1, -0.05) is 84.9 Å². The summed E-state index contributed by atoms with van der Waals surface area (Å²) >= 11 is 0. The van der Waals surface area contributed by atoms with Crippen molar-refractivity contribution in [3.63, 3.8) is 0 Å². The number of aliphatic imine (C=N–C) groups is 2. The van der Waals surface area contributed by atoms with Gasteiger partial charge in [-0.2, -0.15) is 0 Å². The summed E-state index contributed by atoms with van der Waals surface area (Å²) in [7, 11) is 0. The molecule has 5 aromatic carbocycles. The largest absolute Gasteiger partial charge is 0.397 e. The van der Waals surface area contributed by atoms with Crippen molar-refractivity contribution >= 4 is 51.0 Å². The average Bonchev–Trinajstić information content (AvgIpc) is 3.89. The van der Waals surface area contributed by atoms with Crippen LogP contribution in [0.15, 0.2) is 180 Å². The fourth-order valence-corrected chi connectivity index (χ4v) is 6.86. The van der Waals surface area contributed by atoms with Crippen LogP contribution in [0.2, 0.25) is 0 Å². The number of nitrogens with two attached hydrogens (primary N) is 1. The molecule has 2 N–H and O–H groups in total. The van der Waals surface area contributed by atoms with E-state index < -0.39 is 0 Å². The van der Waals surface area contributed by atoms with E-state index in [2.05, 4.69) is 124 Å². The molecular weight excluding hydrogens is 613 g/mol. The Bertz CT molecular complexity index is 2580. The van der Waals surface area contributed by atoms with Crippen LogP contribution >= 0.6 is 0 Å². The molecule has 0 saturated heterocycles. The van der Waals surface area contributed by atoms with Crippen molar-refractivity contribution in [2.75, 3.05) is 0 Å². The van der Waals surface area contributed by atoms with Crippen molar-refractivity contribution in [1.29, 1.82) is 0 Å². The van der Waals surface area contributed by atoms with Crippen LogP contribution in [0, 0.1) is 0 Å². The zero-order chi connectivity index (χ0) is 34.0. The molecule has 0 atom stereocenters. The highest BCUT2D eigenvalue weighted by molar-refractivity contribution is 6.18. The van der Waals surface area contributed by atoms with Crippen LogP contribution in [0.4, 0.5) is 5.82 Å². The maximum atomic E-state index is 6.65. The number of allylic oxidation sites excluding steroid dienone is 4. The fraction of sp³-hybridized carbons (Fsp3) is 0.0455. The molecule has 0 fully saturated rings. The molecule has 8 aromatic rings. The summed E-state index contributed by atoms with van der Waals surface area (Å²) in [5.74, 6) is 0.695. The Morgan fingerprint density at radius 2 is 1.34 bits per heavy atom. The van der Waals surface area contributed by atoms with Crippen LogP contribution in [0.3, 0.4) is 0 Å². The molecule has 50 heavy (non-hydrogen) atoms. The van der Waals surface area contributed by atoms with Crippen LogP contribution in [0.1, 0.15) is 18.1 Å². The predicted molar refractivity (Wildman–Crippen MR) is 210 cm³/mol. The van der Waals surface area contributed by atoms with Gasteiger partial charge >= 0.3 is 0 Å². The van der Waals surface area contributed by atoms with Gasteiger partial charge in [0.25, 0.3) is 0 Å². The monoisotopic (exact) mass is 648 g/mol. The van der Waals surface area contributed by atoms with Gasteiger partial charge in [0.15, 0.2) is 0 Å². The molecule has 0 saturated carbocycles. The van der Waals surface area contributed by atoms with Crippen molar-refractivity contribution in [3.05, 3.63) is 181 Å². The van der Waals surface area contributed by atoms with E-state index in [1.165, 1.54) is 32.7 Å². The number of rotatable bonds is 9. The second kappa shape index (κ2) is 13.1. The standard InChI is InChI=1S/C44H36N6/c1-3-4-18-39(45)42(38-27-29-49(44(38)46-2)33-15-9-6-10-16-33)47-30-31-20-22-34(23-21-31)50-41-19-12-11-17-35(41)36-24-25-40-37(43(36)50)26-28-48(40)32-13-7-5-8-14-32/h3-29H,2,30,45H2,1H3/b4-3-,39-18-,47-42?. The van der Waals surface area contributed by atoms with Gasteiger partial charge in [-0.3, -0.25) is 4.99 Å². The van der Waals surface area contributed by atoms with Gasteiger partial charge in [-0.05, 0) is 85.9 Å². The van der Waals surface area contributed by atoms with Gasteiger partial charge in [0.2, 0.25) is 0 Å². The van der Waals surface area contributed by atoms with E-state index >= 15 is 0 Å². The van der Waals surface area contributed by atoms with E-state index in [9.17, 15) is 0 Å². The van der Waals surface area contributed by atoms with Crippen molar-refractivity contribution in [1.82, 2.24) is 13.7 Å². The van der Waals surface area contributed by atoms with Crippen molar-refractivity contribution in [2.45, 2.75) is 13.5 Å². The molecular formula is C44H36N6. The van der Waals surface area contributed by atoms with E-state index in [-0.39, 0.29) is 0 Å². The maximum Gasteiger partial charge on any atom is 0.145 e. The SMILES string of the molecule is C=Nc1c(C(=NCc2ccc(-n3c4ccccc4c4ccc5c(ccn5-c5ccccc5)c43)cc2)/C(N)=C/C=C\C)ccn1-c1ccccc1. The molecule has 0 aliphatic rings. The molecule has 0 aliphatic heterocycles. The lowest BCUT2D eigenvalue weighted by Crippen LogP contribution is -2.13. The Balaban J connectivity index is 1.20. The molecule has 0 bridgehead atoms. The third kappa shape index (κ3) is 5.33. The average molecular weight is 649 g/mol. The minimum atomic E-state index is 0.449. The van der Waals surface area contributed by atoms with E-state index in [1.54, 1.807) is 0 Å². The summed E-state index contributed by atoms with van der Waals surface area (Å²) in [6.07, 6.45) is 9.90. The van der Waals surface area contributed by atoms with Gasteiger partial charge < -0.3 is 19.4 Å². The van der Waals surface area contributed by atoms with E-state index in [0.29, 0.717) is 23.8 Å². The Labute approximate surface area is 291 Å². The van der Waals surface area contributed by atoms with Gasteiger partial charge in [0, 0.05) is 51.2 Å². The quantitative estimate of drug-likeness (QED) is 0.123. The van der Waals surface area contributed by atoms with Crippen LogP contribution in [-0.2, 0) is 6.54 Å². The maximum absolute atomic E-state index is 6.65. The normalized spacial score (nSPS) is 12.5. The molecule has 0 radical (unpaired) electrons. The molecule has 3 aromatic heterocycles. The number of aromatic nitrogens is 3. The van der Waals surface area contributed by atoms with Crippen LogP contribution < -0.4 is 5.73 Å². The van der Waals surface area contributed by atoms with Gasteiger partial charge in [0.05, 0.1) is 34.5 Å². The lowest BCUT2D eigenvalue weighted by molar-refractivity contribution is 1.05. The molecule has 0 amide bonds. The second-order valence-corrected chi connectivity index (χ2v) is 12.2. The molecule has 6 nitrogen and oxygen atoms in total. The summed E-state index contributed by atoms with van der Waals surface area (Å²) in [5, 5.41) is 3.67. The fourth-order valence-electron chi connectivity index (χ4n) is 6.86. The highest BCUT2D eigenvalue weighted by Crippen LogP contribution is 2.37.